The van der Waals surface area contributed by atoms with E-state index in [0.29, 0.717) is 0 Å². The number of nitrogens with two attached hydrogens (primary N) is 1. The molecule has 0 unspecified atom stereocenters. The highest BCUT2D eigenvalue weighted by Gasteiger charge is 2.30. The molecule has 0 aliphatic heterocycles. The molecule has 4 N–H and O–H groups in total. The molecule has 0 atom stereocenters. The first-order chi connectivity index (χ1) is 9.45. The fourth-order valence-electron chi connectivity index (χ4n) is 1.63. The van der Waals surface area contributed by atoms with Gasteiger partial charge in [0.05, 0.1) is 10.5 Å². The van der Waals surface area contributed by atoms with E-state index in [1.54, 1.807) is 6.20 Å². The summed E-state index contributed by atoms with van der Waals surface area (Å²) in [5.41, 5.74) is 1.27. The number of nitrogen functional groups attached to an aromatic ring is 1. The molecule has 2 heterocycles. The molecular weight excluding hydrogens is 282 g/mol. The molecule has 0 spiro atoms. The molecule has 0 amide bonds. The molecule has 0 saturated carbocycles. The van der Waals surface area contributed by atoms with Gasteiger partial charge in [0.2, 0.25) is 11.6 Å². The van der Waals surface area contributed by atoms with Gasteiger partial charge in [0.1, 0.15) is 11.3 Å². The predicted octanol–water partition coefficient (Wildman–Crippen LogP) is 1.47. The lowest BCUT2D eigenvalue weighted by molar-refractivity contribution is -0.383. The number of anilines is 2. The van der Waals surface area contributed by atoms with Crippen LogP contribution in [0.2, 0.25) is 0 Å². The molecule has 0 fully saturated rings. The summed E-state index contributed by atoms with van der Waals surface area (Å²) in [5, 5.41) is 16.8. The van der Waals surface area contributed by atoms with Gasteiger partial charge in [-0.3, -0.25) is 10.1 Å². The molecule has 20 heavy (non-hydrogen) atoms. The van der Waals surface area contributed by atoms with Crippen LogP contribution in [0.15, 0.2) is 17.9 Å². The zero-order valence-corrected chi connectivity index (χ0v) is 11.6. The molecule has 2 aromatic heterocycles. The van der Waals surface area contributed by atoms with E-state index in [1.165, 1.54) is 17.7 Å². The lowest BCUT2D eigenvalue weighted by Gasteiger charge is -2.24. The van der Waals surface area contributed by atoms with E-state index in [9.17, 15) is 10.1 Å². The van der Waals surface area contributed by atoms with Crippen molar-refractivity contribution in [1.29, 1.82) is 0 Å². The fraction of sp³-hybridized carbons (Fsp3) is 0.300. The number of hydrazine groups is 1. The summed E-state index contributed by atoms with van der Waals surface area (Å²) in [7, 11) is 0. The third-order valence-electron chi connectivity index (χ3n) is 2.54. The Bertz CT molecular complexity index is 614. The van der Waals surface area contributed by atoms with Gasteiger partial charge in [-0.25, -0.2) is 20.8 Å². The van der Waals surface area contributed by atoms with Crippen molar-refractivity contribution in [1.82, 2.24) is 15.0 Å². The quantitative estimate of drug-likeness (QED) is 0.429. The number of rotatable bonds is 5. The van der Waals surface area contributed by atoms with E-state index in [2.05, 4.69) is 25.7 Å². The maximum Gasteiger partial charge on any atom is 0.354 e. The molecule has 2 aromatic rings. The van der Waals surface area contributed by atoms with Crippen LogP contribution in [0.5, 0.6) is 0 Å². The topological polar surface area (TPSA) is 132 Å². The Kier molecular flexibility index (Phi) is 3.77. The monoisotopic (exact) mass is 295 g/mol. The summed E-state index contributed by atoms with van der Waals surface area (Å²) in [4.78, 5) is 22.4. The zero-order valence-electron chi connectivity index (χ0n) is 10.8. The minimum Gasteiger partial charge on any atom is -0.353 e. The summed E-state index contributed by atoms with van der Waals surface area (Å²) in [5.74, 6) is 5.26. The van der Waals surface area contributed by atoms with E-state index in [-0.39, 0.29) is 17.3 Å². The van der Waals surface area contributed by atoms with Crippen molar-refractivity contribution in [3.63, 3.8) is 0 Å². The molecule has 2 rings (SSSR count). The summed E-state index contributed by atoms with van der Waals surface area (Å²) in [6.45, 7) is 3.71. The highest BCUT2D eigenvalue weighted by Crippen LogP contribution is 2.33. The number of hydrogen-bond donors (Lipinski definition) is 3. The van der Waals surface area contributed by atoms with E-state index < -0.39 is 10.5 Å². The second kappa shape index (κ2) is 5.35. The minimum absolute atomic E-state index is 0.0533. The zero-order chi connectivity index (χ0) is 14.8. The smallest absolute Gasteiger partial charge is 0.353 e. The van der Waals surface area contributed by atoms with Crippen LogP contribution in [0.25, 0.3) is 0 Å². The molecule has 0 radical (unpaired) electrons. The van der Waals surface area contributed by atoms with Crippen LogP contribution in [0.4, 0.5) is 17.3 Å². The Morgan fingerprint density at radius 3 is 2.60 bits per heavy atom. The Labute approximate surface area is 118 Å². The van der Waals surface area contributed by atoms with Crippen LogP contribution in [-0.4, -0.2) is 19.9 Å². The number of nitrogens with one attached hydrogen (secondary N) is 2. The largest absolute Gasteiger partial charge is 0.354 e. The summed E-state index contributed by atoms with van der Waals surface area (Å²) < 4.78 is 0. The molecular formula is C10H13N7O2S. The number of hydrogen-bond acceptors (Lipinski definition) is 9. The molecule has 0 aliphatic rings. The van der Waals surface area contributed by atoms with Gasteiger partial charge in [-0.05, 0) is 13.8 Å². The SMILES string of the molecule is CC(C)(Nc1ncnc(NN)c1[N+](=O)[O-])c1nccs1. The Balaban J connectivity index is 2.41. The van der Waals surface area contributed by atoms with Crippen molar-refractivity contribution >= 4 is 28.7 Å². The number of nitrogens with zero attached hydrogens (tertiary/aromatic N) is 4. The fourth-order valence-corrected chi connectivity index (χ4v) is 2.35. The molecule has 0 bridgehead atoms. The van der Waals surface area contributed by atoms with Crippen LogP contribution in [-0.2, 0) is 5.54 Å². The maximum absolute atomic E-state index is 11.2. The van der Waals surface area contributed by atoms with Gasteiger partial charge in [0.25, 0.3) is 0 Å². The van der Waals surface area contributed by atoms with Crippen LogP contribution in [0.1, 0.15) is 18.9 Å². The number of thiazole rings is 1. The van der Waals surface area contributed by atoms with E-state index in [0.717, 1.165) is 5.01 Å². The highest BCUT2D eigenvalue weighted by molar-refractivity contribution is 7.09. The van der Waals surface area contributed by atoms with Crippen LogP contribution in [0, 0.1) is 10.1 Å². The summed E-state index contributed by atoms with van der Waals surface area (Å²) in [6.07, 6.45) is 2.87. The van der Waals surface area contributed by atoms with Gasteiger partial charge in [0.15, 0.2) is 0 Å². The highest BCUT2D eigenvalue weighted by atomic mass is 32.1. The average molecular weight is 295 g/mol. The van der Waals surface area contributed by atoms with Gasteiger partial charge < -0.3 is 10.7 Å². The second-order valence-corrected chi connectivity index (χ2v) is 5.30. The van der Waals surface area contributed by atoms with Gasteiger partial charge in [-0.2, -0.15) is 0 Å². The van der Waals surface area contributed by atoms with Gasteiger partial charge >= 0.3 is 5.69 Å². The first-order valence-electron chi connectivity index (χ1n) is 5.60. The third kappa shape index (κ3) is 2.65. The lowest BCUT2D eigenvalue weighted by Crippen LogP contribution is -2.29. The molecule has 0 saturated heterocycles. The normalized spacial score (nSPS) is 11.2. The molecule has 106 valence electrons. The minimum atomic E-state index is -0.612. The van der Waals surface area contributed by atoms with Crippen LogP contribution >= 0.6 is 11.3 Å². The average Bonchev–Trinajstić information content (AvgIpc) is 2.92. The third-order valence-corrected chi connectivity index (χ3v) is 3.64. The van der Waals surface area contributed by atoms with Gasteiger partial charge in [-0.15, -0.1) is 11.3 Å². The first-order valence-corrected chi connectivity index (χ1v) is 6.48. The Morgan fingerprint density at radius 2 is 2.05 bits per heavy atom. The Morgan fingerprint density at radius 1 is 1.35 bits per heavy atom. The van der Waals surface area contributed by atoms with Crippen LogP contribution < -0.4 is 16.6 Å². The van der Waals surface area contributed by atoms with Crippen molar-refractivity contribution < 1.29 is 4.92 Å². The summed E-state index contributed by atoms with van der Waals surface area (Å²) in [6, 6.07) is 0. The predicted molar refractivity (Wildman–Crippen MR) is 75.3 cm³/mol. The van der Waals surface area contributed by atoms with Gasteiger partial charge in [-0.1, -0.05) is 0 Å². The van der Waals surface area contributed by atoms with Crippen LogP contribution in [0.3, 0.4) is 0 Å². The molecule has 0 aliphatic carbocycles. The van der Waals surface area contributed by atoms with Crippen molar-refractivity contribution in [3.05, 3.63) is 33.0 Å². The number of nitro groups is 1. The van der Waals surface area contributed by atoms with E-state index >= 15 is 0 Å². The maximum atomic E-state index is 11.2. The van der Waals surface area contributed by atoms with E-state index in [4.69, 9.17) is 5.84 Å². The van der Waals surface area contributed by atoms with Crippen molar-refractivity contribution in [2.75, 3.05) is 10.7 Å². The number of aromatic nitrogens is 3. The first kappa shape index (κ1) is 14.1. The molecule has 10 heteroatoms. The van der Waals surface area contributed by atoms with Crippen molar-refractivity contribution in [3.8, 4) is 0 Å². The van der Waals surface area contributed by atoms with E-state index in [1.807, 2.05) is 19.2 Å². The van der Waals surface area contributed by atoms with Gasteiger partial charge in [0, 0.05) is 11.6 Å². The van der Waals surface area contributed by atoms with Crippen molar-refractivity contribution in [2.24, 2.45) is 5.84 Å². The standard InChI is InChI=1S/C10H13N7O2S/c1-10(2,9-12-3-4-20-9)15-7-6(17(18)19)8(16-11)14-5-13-7/h3-5H,11H2,1-2H3,(H2,13,14,15,16). The summed E-state index contributed by atoms with van der Waals surface area (Å²) >= 11 is 1.45. The lowest BCUT2D eigenvalue weighted by atomic mass is 10.1. The second-order valence-electron chi connectivity index (χ2n) is 4.41. The molecule has 9 nitrogen and oxygen atoms in total. The molecule has 0 aromatic carbocycles. The Hall–Kier alpha value is -2.33. The van der Waals surface area contributed by atoms with Crippen molar-refractivity contribution in [2.45, 2.75) is 19.4 Å².